The topological polar surface area (TPSA) is 27.0 Å². The fraction of sp³-hybridized carbons (Fsp3) is 0.923. The lowest BCUT2D eigenvalue weighted by molar-refractivity contribution is -0.805. The van der Waals surface area contributed by atoms with E-state index in [1.54, 1.807) is 0 Å². The second-order valence-electron chi connectivity index (χ2n) is 5.58. The molecule has 1 unspecified atom stereocenters. The van der Waals surface area contributed by atoms with Gasteiger partial charge in [0.05, 0.1) is 19.6 Å². The molecule has 98 valence electrons. The van der Waals surface area contributed by atoms with Gasteiger partial charge in [-0.3, -0.25) is 0 Å². The van der Waals surface area contributed by atoms with Crippen LogP contribution in [0.3, 0.4) is 0 Å². The van der Waals surface area contributed by atoms with Crippen LogP contribution in [0.25, 0.3) is 0 Å². The number of quaternary nitrogens is 1. The molecule has 0 N–H and O–H groups in total. The molecule has 1 saturated heterocycles. The third-order valence-corrected chi connectivity index (χ3v) is 5.03. The van der Waals surface area contributed by atoms with Crippen molar-refractivity contribution in [1.29, 1.82) is 5.26 Å². The van der Waals surface area contributed by atoms with Gasteiger partial charge in [-0.2, -0.15) is 5.26 Å². The summed E-state index contributed by atoms with van der Waals surface area (Å²) in [5.41, 5.74) is 0. The molecule has 1 aliphatic heterocycles. The second-order valence-corrected chi connectivity index (χ2v) is 6.72. The van der Waals surface area contributed by atoms with Gasteiger partial charge in [0.1, 0.15) is 0 Å². The zero-order valence-corrected chi connectivity index (χ0v) is 12.5. The number of likely N-dealkylation sites (tertiary alicyclic amines) is 1. The largest absolute Gasteiger partial charge is 0.306 e. The number of hydrogen-bond donors (Lipinski definition) is 0. The van der Waals surface area contributed by atoms with Gasteiger partial charge >= 0.3 is 0 Å². The maximum atomic E-state index is 9.03. The summed E-state index contributed by atoms with van der Waals surface area (Å²) in [6.45, 7) is 7.98. The van der Waals surface area contributed by atoms with Gasteiger partial charge in [-0.05, 0) is 20.5 Å². The summed E-state index contributed by atoms with van der Waals surface area (Å²) in [7, 11) is 4.33. The molecule has 1 atom stereocenters. The summed E-state index contributed by atoms with van der Waals surface area (Å²) in [5, 5.41) is 11.4. The Morgan fingerprint density at radius 3 is 2.41 bits per heavy atom. The smallest absolute Gasteiger partial charge is 0.196 e. The summed E-state index contributed by atoms with van der Waals surface area (Å²) in [6.07, 6.45) is 3.65. The predicted octanol–water partition coefficient (Wildman–Crippen LogP) is 2.70. The van der Waals surface area contributed by atoms with Crippen LogP contribution in [0.2, 0.25) is 0 Å². The molecular weight excluding hydrogens is 230 g/mol. The van der Waals surface area contributed by atoms with Gasteiger partial charge in [0.25, 0.3) is 0 Å². The van der Waals surface area contributed by atoms with E-state index in [1.807, 2.05) is 0 Å². The first kappa shape index (κ1) is 14.8. The molecule has 0 aromatic carbocycles. The van der Waals surface area contributed by atoms with Gasteiger partial charge < -0.3 is 4.90 Å². The highest BCUT2D eigenvalue weighted by Gasteiger charge is 2.37. The van der Waals surface area contributed by atoms with Gasteiger partial charge in [0.2, 0.25) is 0 Å². The fourth-order valence-corrected chi connectivity index (χ4v) is 3.53. The molecule has 0 spiro atoms. The van der Waals surface area contributed by atoms with E-state index >= 15 is 0 Å². The predicted molar refractivity (Wildman–Crippen MR) is 74.2 cm³/mol. The lowest BCUT2D eigenvalue weighted by Gasteiger charge is -2.42. The van der Waals surface area contributed by atoms with Gasteiger partial charge in [0.15, 0.2) is 17.3 Å². The van der Waals surface area contributed by atoms with E-state index in [0.717, 1.165) is 23.5 Å². The summed E-state index contributed by atoms with van der Waals surface area (Å²) >= 11 is 1.48. The highest BCUT2D eigenvalue weighted by molar-refractivity contribution is 7.98. The minimum absolute atomic E-state index is 0.706. The highest BCUT2D eigenvalue weighted by atomic mass is 32.2. The first-order chi connectivity index (χ1) is 8.03. The van der Waals surface area contributed by atoms with E-state index < -0.39 is 0 Å². The van der Waals surface area contributed by atoms with Gasteiger partial charge in [0, 0.05) is 24.8 Å². The van der Waals surface area contributed by atoms with Crippen molar-refractivity contribution in [2.75, 3.05) is 33.7 Å². The maximum absolute atomic E-state index is 9.03. The van der Waals surface area contributed by atoms with Crippen LogP contribution in [0.1, 0.15) is 33.1 Å². The molecule has 0 aliphatic carbocycles. The fourth-order valence-electron chi connectivity index (χ4n) is 2.64. The van der Waals surface area contributed by atoms with Crippen molar-refractivity contribution < 1.29 is 3.89 Å². The van der Waals surface area contributed by atoms with Gasteiger partial charge in [-0.25, -0.2) is 3.89 Å². The average molecular weight is 256 g/mol. The molecule has 0 aromatic rings. The number of rotatable bonds is 5. The van der Waals surface area contributed by atoms with E-state index in [2.05, 4.69) is 38.2 Å². The third-order valence-electron chi connectivity index (χ3n) is 4.05. The molecule has 1 aliphatic rings. The molecule has 0 aromatic heterocycles. The summed E-state index contributed by atoms with van der Waals surface area (Å²) < 4.78 is 0.954. The minimum atomic E-state index is 0.706. The van der Waals surface area contributed by atoms with Crippen LogP contribution in [0.5, 0.6) is 0 Å². The van der Waals surface area contributed by atoms with Crippen molar-refractivity contribution in [3.8, 4) is 5.40 Å². The van der Waals surface area contributed by atoms with E-state index in [0.29, 0.717) is 12.0 Å². The van der Waals surface area contributed by atoms with E-state index in [4.69, 9.17) is 5.26 Å². The minimum Gasteiger partial charge on any atom is -0.306 e. The molecule has 0 saturated carbocycles. The molecular formula is C13H26N3S+. The number of hydrogen-bond acceptors (Lipinski definition) is 3. The molecule has 17 heavy (non-hydrogen) atoms. The summed E-state index contributed by atoms with van der Waals surface area (Å²) in [5.74, 6) is 0.715. The van der Waals surface area contributed by atoms with Crippen LogP contribution in [-0.4, -0.2) is 48.6 Å². The Kier molecular flexibility index (Phi) is 5.78. The van der Waals surface area contributed by atoms with E-state index in [1.165, 1.54) is 31.2 Å². The van der Waals surface area contributed by atoms with Crippen molar-refractivity contribution in [2.45, 2.75) is 39.2 Å². The monoisotopic (exact) mass is 256 g/mol. The summed E-state index contributed by atoms with van der Waals surface area (Å²) in [6, 6.07) is 0.706. The quantitative estimate of drug-likeness (QED) is 0.430. The van der Waals surface area contributed by atoms with Crippen LogP contribution in [0.15, 0.2) is 0 Å². The standard InChI is InChI=1S/C13H26N3S/c1-5-12(2)10-16(17-11-14)8-6-13(7-9-16)15(3)4/h12-13H,5-10H2,1-4H3/q+1. The molecule has 4 heteroatoms. The Hall–Kier alpha value is -0.240. The zero-order chi connectivity index (χ0) is 12.9. The number of thiocyanates is 1. The molecule has 0 amide bonds. The van der Waals surface area contributed by atoms with Crippen LogP contribution < -0.4 is 0 Å². The Bertz CT molecular complexity index is 264. The number of nitrogens with zero attached hydrogens (tertiary/aromatic N) is 3. The van der Waals surface area contributed by atoms with Crippen molar-refractivity contribution in [1.82, 2.24) is 4.90 Å². The van der Waals surface area contributed by atoms with Gasteiger partial charge in [-0.15, -0.1) is 0 Å². The highest BCUT2D eigenvalue weighted by Crippen LogP contribution is 2.32. The van der Waals surface area contributed by atoms with E-state index in [9.17, 15) is 0 Å². The average Bonchev–Trinajstić information content (AvgIpc) is 2.29. The molecule has 0 radical (unpaired) electrons. The first-order valence-corrected chi connectivity index (χ1v) is 7.40. The maximum Gasteiger partial charge on any atom is 0.196 e. The Morgan fingerprint density at radius 1 is 1.41 bits per heavy atom. The Morgan fingerprint density at radius 2 is 2.00 bits per heavy atom. The van der Waals surface area contributed by atoms with Crippen molar-refractivity contribution >= 4 is 11.9 Å². The lowest BCUT2D eigenvalue weighted by Crippen LogP contribution is -2.52. The normalized spacial score (nSPS) is 31.2. The molecule has 0 bridgehead atoms. The van der Waals surface area contributed by atoms with Crippen molar-refractivity contribution in [3.05, 3.63) is 0 Å². The first-order valence-electron chi connectivity index (χ1n) is 6.63. The summed E-state index contributed by atoms with van der Waals surface area (Å²) in [4.78, 5) is 2.33. The van der Waals surface area contributed by atoms with Crippen molar-refractivity contribution in [3.63, 3.8) is 0 Å². The number of piperidine rings is 1. The van der Waals surface area contributed by atoms with E-state index in [-0.39, 0.29) is 0 Å². The van der Waals surface area contributed by atoms with Gasteiger partial charge in [-0.1, -0.05) is 13.8 Å². The Labute approximate surface area is 110 Å². The second kappa shape index (κ2) is 6.63. The molecule has 1 rings (SSSR count). The number of nitriles is 1. The van der Waals surface area contributed by atoms with Crippen LogP contribution in [0.4, 0.5) is 0 Å². The SMILES string of the molecule is CCC(C)C[N+]1(SC#N)CCC(N(C)C)CC1. The van der Waals surface area contributed by atoms with Crippen LogP contribution >= 0.6 is 11.9 Å². The molecule has 3 nitrogen and oxygen atoms in total. The van der Waals surface area contributed by atoms with Crippen molar-refractivity contribution in [2.24, 2.45) is 5.92 Å². The lowest BCUT2D eigenvalue weighted by atomic mass is 10.0. The van der Waals surface area contributed by atoms with Crippen LogP contribution in [-0.2, 0) is 0 Å². The van der Waals surface area contributed by atoms with Crippen LogP contribution in [0, 0.1) is 16.6 Å². The third kappa shape index (κ3) is 4.17. The zero-order valence-electron chi connectivity index (χ0n) is 11.6. The Balaban J connectivity index is 2.60. The molecule has 1 fully saturated rings. The molecule has 1 heterocycles.